The average Bonchev–Trinajstić information content (AvgIpc) is 2.77. The van der Waals surface area contributed by atoms with Crippen molar-refractivity contribution in [2.45, 2.75) is 44.0 Å². The van der Waals surface area contributed by atoms with Gasteiger partial charge in [0.25, 0.3) is 5.91 Å². The van der Waals surface area contributed by atoms with Crippen molar-refractivity contribution in [2.24, 2.45) is 0 Å². The topological polar surface area (TPSA) is 75.7 Å². The van der Waals surface area contributed by atoms with Gasteiger partial charge in [-0.1, -0.05) is 12.5 Å². The number of anilines is 1. The van der Waals surface area contributed by atoms with Crippen molar-refractivity contribution < 1.29 is 17.9 Å². The molecule has 0 aromatic heterocycles. The SMILES string of the molecule is Cc1ccc2c(c1)Oc1ccc(S(=O)(=O)N3CCCC[C@@H]3C)cc1C(=O)N2. The number of aryl methyl sites for hydroxylation is 1. The molecule has 2 aromatic carbocycles. The normalized spacial score (nSPS) is 20.1. The van der Waals surface area contributed by atoms with E-state index < -0.39 is 10.0 Å². The molecule has 2 heterocycles. The summed E-state index contributed by atoms with van der Waals surface area (Å²) >= 11 is 0. The van der Waals surface area contributed by atoms with Gasteiger partial charge in [0.15, 0.2) is 5.75 Å². The summed E-state index contributed by atoms with van der Waals surface area (Å²) in [5.41, 5.74) is 1.79. The molecule has 2 aliphatic rings. The van der Waals surface area contributed by atoms with Crippen LogP contribution in [0.5, 0.6) is 11.5 Å². The second kappa shape index (κ2) is 6.65. The van der Waals surface area contributed by atoms with Crippen LogP contribution < -0.4 is 10.1 Å². The number of rotatable bonds is 2. The highest BCUT2D eigenvalue weighted by Crippen LogP contribution is 2.37. The van der Waals surface area contributed by atoms with Crippen molar-refractivity contribution >= 4 is 21.6 Å². The predicted molar refractivity (Wildman–Crippen MR) is 103 cm³/mol. The molecule has 0 aliphatic carbocycles. The zero-order chi connectivity index (χ0) is 19.2. The number of hydrogen-bond acceptors (Lipinski definition) is 4. The van der Waals surface area contributed by atoms with Gasteiger partial charge in [0.2, 0.25) is 10.0 Å². The molecule has 1 atom stereocenters. The Balaban J connectivity index is 1.74. The van der Waals surface area contributed by atoms with Gasteiger partial charge in [-0.05, 0) is 62.6 Å². The quantitative estimate of drug-likeness (QED) is 0.849. The Morgan fingerprint density at radius 2 is 1.93 bits per heavy atom. The summed E-state index contributed by atoms with van der Waals surface area (Å²) in [5.74, 6) is 0.515. The molecule has 7 heteroatoms. The molecule has 1 fully saturated rings. The number of ether oxygens (including phenoxy) is 1. The van der Waals surface area contributed by atoms with Crippen LogP contribution >= 0.6 is 0 Å². The molecule has 1 saturated heterocycles. The van der Waals surface area contributed by atoms with Crippen LogP contribution in [0.25, 0.3) is 0 Å². The predicted octanol–water partition coefficient (Wildman–Crippen LogP) is 3.92. The minimum Gasteiger partial charge on any atom is -0.454 e. The molecule has 0 saturated carbocycles. The van der Waals surface area contributed by atoms with E-state index in [4.69, 9.17) is 4.74 Å². The molecule has 0 radical (unpaired) electrons. The smallest absolute Gasteiger partial charge is 0.259 e. The third kappa shape index (κ3) is 3.21. The van der Waals surface area contributed by atoms with E-state index in [1.54, 1.807) is 12.1 Å². The number of nitrogens with one attached hydrogen (secondary N) is 1. The molecule has 2 aliphatic heterocycles. The van der Waals surface area contributed by atoms with Crippen molar-refractivity contribution in [1.82, 2.24) is 4.31 Å². The van der Waals surface area contributed by atoms with Gasteiger partial charge in [-0.3, -0.25) is 4.79 Å². The first-order chi connectivity index (χ1) is 12.9. The summed E-state index contributed by atoms with van der Waals surface area (Å²) in [6, 6.07) is 9.95. The van der Waals surface area contributed by atoms with Crippen LogP contribution in [-0.2, 0) is 10.0 Å². The Hall–Kier alpha value is -2.38. The third-order valence-corrected chi connectivity index (χ3v) is 7.16. The summed E-state index contributed by atoms with van der Waals surface area (Å²) in [6.07, 6.45) is 2.74. The van der Waals surface area contributed by atoms with E-state index in [0.717, 1.165) is 24.8 Å². The van der Waals surface area contributed by atoms with Crippen LogP contribution in [0.3, 0.4) is 0 Å². The van der Waals surface area contributed by atoms with E-state index in [1.165, 1.54) is 16.4 Å². The molecule has 1 amide bonds. The van der Waals surface area contributed by atoms with Gasteiger partial charge < -0.3 is 10.1 Å². The maximum absolute atomic E-state index is 13.1. The van der Waals surface area contributed by atoms with Gasteiger partial charge in [-0.15, -0.1) is 0 Å². The van der Waals surface area contributed by atoms with Crippen molar-refractivity contribution in [3.63, 3.8) is 0 Å². The monoisotopic (exact) mass is 386 g/mol. The molecule has 6 nitrogen and oxygen atoms in total. The number of amides is 1. The van der Waals surface area contributed by atoms with Gasteiger partial charge >= 0.3 is 0 Å². The lowest BCUT2D eigenvalue weighted by Crippen LogP contribution is -2.41. The number of sulfonamides is 1. The van der Waals surface area contributed by atoms with E-state index in [9.17, 15) is 13.2 Å². The first-order valence-electron chi connectivity index (χ1n) is 9.12. The number of piperidine rings is 1. The van der Waals surface area contributed by atoms with Crippen LogP contribution in [0.4, 0.5) is 5.69 Å². The molecular weight excluding hydrogens is 364 g/mol. The number of benzene rings is 2. The Morgan fingerprint density at radius 3 is 2.70 bits per heavy atom. The molecule has 4 rings (SSSR count). The minimum absolute atomic E-state index is 0.0418. The molecular formula is C20H22N2O4S. The van der Waals surface area contributed by atoms with Gasteiger partial charge in [-0.2, -0.15) is 4.31 Å². The van der Waals surface area contributed by atoms with Crippen LogP contribution in [0, 0.1) is 6.92 Å². The summed E-state index contributed by atoms with van der Waals surface area (Å²) < 4.78 is 33.6. The Kier molecular flexibility index (Phi) is 4.44. The van der Waals surface area contributed by atoms with Gasteiger partial charge in [0, 0.05) is 12.6 Å². The van der Waals surface area contributed by atoms with E-state index in [2.05, 4.69) is 5.32 Å². The van der Waals surface area contributed by atoms with Crippen LogP contribution in [0.15, 0.2) is 41.3 Å². The van der Waals surface area contributed by atoms with Crippen LogP contribution in [0.2, 0.25) is 0 Å². The Morgan fingerprint density at radius 1 is 1.11 bits per heavy atom. The van der Waals surface area contributed by atoms with Crippen LogP contribution in [0.1, 0.15) is 42.1 Å². The zero-order valence-corrected chi connectivity index (χ0v) is 16.2. The number of carbonyl (C=O) groups is 1. The highest BCUT2D eigenvalue weighted by atomic mass is 32.2. The second-order valence-corrected chi connectivity index (χ2v) is 9.06. The van der Waals surface area contributed by atoms with Crippen LogP contribution in [-0.4, -0.2) is 31.2 Å². The van der Waals surface area contributed by atoms with Gasteiger partial charge in [0.05, 0.1) is 16.1 Å². The lowest BCUT2D eigenvalue weighted by Gasteiger charge is -2.32. The summed E-state index contributed by atoms with van der Waals surface area (Å²) in [6.45, 7) is 4.37. The summed E-state index contributed by atoms with van der Waals surface area (Å²) in [5, 5.41) is 2.80. The first kappa shape index (κ1) is 18.0. The van der Waals surface area contributed by atoms with Crippen molar-refractivity contribution in [3.05, 3.63) is 47.5 Å². The molecule has 0 bridgehead atoms. The Bertz CT molecular complexity index is 1020. The van der Waals surface area contributed by atoms with Crippen molar-refractivity contribution in [1.29, 1.82) is 0 Å². The van der Waals surface area contributed by atoms with E-state index in [0.29, 0.717) is 23.7 Å². The lowest BCUT2D eigenvalue weighted by atomic mass is 10.1. The molecule has 1 N–H and O–H groups in total. The number of hydrogen-bond donors (Lipinski definition) is 1. The van der Waals surface area contributed by atoms with Gasteiger partial charge in [0.1, 0.15) is 5.75 Å². The zero-order valence-electron chi connectivity index (χ0n) is 15.4. The maximum atomic E-state index is 13.1. The molecule has 27 heavy (non-hydrogen) atoms. The van der Waals surface area contributed by atoms with Gasteiger partial charge in [-0.25, -0.2) is 8.42 Å². The highest BCUT2D eigenvalue weighted by Gasteiger charge is 2.32. The maximum Gasteiger partial charge on any atom is 0.259 e. The molecule has 0 unspecified atom stereocenters. The van der Waals surface area contributed by atoms with E-state index >= 15 is 0 Å². The fourth-order valence-electron chi connectivity index (χ4n) is 3.63. The minimum atomic E-state index is -3.66. The average molecular weight is 386 g/mol. The number of fused-ring (bicyclic) bond motifs is 2. The Labute approximate surface area is 159 Å². The third-order valence-electron chi connectivity index (χ3n) is 5.15. The van der Waals surface area contributed by atoms with E-state index in [1.807, 2.05) is 26.0 Å². The fourth-order valence-corrected chi connectivity index (χ4v) is 5.35. The standard InChI is InChI=1S/C20H22N2O4S/c1-13-6-8-17-19(11-13)26-18-9-7-15(12-16(18)20(23)21-17)27(24,25)22-10-4-3-5-14(22)2/h6-9,11-12,14H,3-5,10H2,1-2H3,(H,21,23)/t14-/m0/s1. The molecule has 2 aromatic rings. The molecule has 142 valence electrons. The first-order valence-corrected chi connectivity index (χ1v) is 10.6. The summed E-state index contributed by atoms with van der Waals surface area (Å²) in [4.78, 5) is 12.8. The van der Waals surface area contributed by atoms with Crippen molar-refractivity contribution in [3.8, 4) is 11.5 Å². The highest BCUT2D eigenvalue weighted by molar-refractivity contribution is 7.89. The second-order valence-electron chi connectivity index (χ2n) is 7.17. The summed E-state index contributed by atoms with van der Waals surface area (Å²) in [7, 11) is -3.66. The lowest BCUT2D eigenvalue weighted by molar-refractivity contribution is 0.102. The largest absolute Gasteiger partial charge is 0.454 e. The van der Waals surface area contributed by atoms with Crippen molar-refractivity contribution in [2.75, 3.05) is 11.9 Å². The number of carbonyl (C=O) groups excluding carboxylic acids is 1. The number of nitrogens with zero attached hydrogens (tertiary/aromatic N) is 1. The fraction of sp³-hybridized carbons (Fsp3) is 0.350. The molecule has 0 spiro atoms. The van der Waals surface area contributed by atoms with E-state index in [-0.39, 0.29) is 22.4 Å².